The normalized spacial score (nSPS) is 23.0. The van der Waals surface area contributed by atoms with Crippen LogP contribution < -0.4 is 11.1 Å². The van der Waals surface area contributed by atoms with E-state index in [4.69, 9.17) is 10.5 Å². The van der Waals surface area contributed by atoms with Crippen LogP contribution in [0.1, 0.15) is 31.7 Å². The number of amides is 1. The van der Waals surface area contributed by atoms with Crippen LogP contribution in [0.2, 0.25) is 0 Å². The molecule has 0 aliphatic carbocycles. The van der Waals surface area contributed by atoms with Gasteiger partial charge in [-0.25, -0.2) is 0 Å². The highest BCUT2D eigenvalue weighted by Crippen LogP contribution is 2.20. The van der Waals surface area contributed by atoms with Crippen LogP contribution in [0.4, 0.5) is 5.69 Å². The molecular formula is C15H22N2O2. The van der Waals surface area contributed by atoms with Crippen LogP contribution >= 0.6 is 0 Å². The molecule has 0 aromatic heterocycles. The molecule has 4 nitrogen and oxygen atoms in total. The second kappa shape index (κ2) is 6.57. The van der Waals surface area contributed by atoms with Crippen molar-refractivity contribution in [1.82, 2.24) is 0 Å². The number of benzene rings is 1. The average Bonchev–Trinajstić information content (AvgIpc) is 2.41. The molecule has 0 bridgehead atoms. The van der Waals surface area contributed by atoms with Crippen LogP contribution in [0.15, 0.2) is 24.3 Å². The van der Waals surface area contributed by atoms with Crippen LogP contribution in [0, 0.1) is 0 Å². The van der Waals surface area contributed by atoms with E-state index in [1.807, 2.05) is 24.3 Å². The van der Waals surface area contributed by atoms with Gasteiger partial charge >= 0.3 is 0 Å². The lowest BCUT2D eigenvalue weighted by Crippen LogP contribution is -2.33. The molecule has 2 unspecified atom stereocenters. The Hall–Kier alpha value is -1.55. The molecule has 19 heavy (non-hydrogen) atoms. The van der Waals surface area contributed by atoms with Gasteiger partial charge in [0.15, 0.2) is 0 Å². The lowest BCUT2D eigenvalue weighted by atomic mass is 10.0. The minimum atomic E-state index is -0.295. The number of hydrogen-bond donors (Lipinski definition) is 2. The quantitative estimate of drug-likeness (QED) is 0.854. The number of rotatable bonds is 5. The van der Waals surface area contributed by atoms with Crippen molar-refractivity contribution in [3.05, 3.63) is 29.8 Å². The largest absolute Gasteiger partial charge is 0.382 e. The van der Waals surface area contributed by atoms with Crippen molar-refractivity contribution in [1.29, 1.82) is 0 Å². The molecule has 0 saturated carbocycles. The Morgan fingerprint density at radius 2 is 2.16 bits per heavy atom. The Morgan fingerprint density at radius 3 is 2.79 bits per heavy atom. The number of ether oxygens (including phenoxy) is 1. The number of carbonyl (C=O) groups excluding carboxylic acids is 1. The van der Waals surface area contributed by atoms with E-state index in [0.29, 0.717) is 18.6 Å². The number of hydrogen-bond acceptors (Lipinski definition) is 3. The fourth-order valence-electron chi connectivity index (χ4n) is 2.45. The van der Waals surface area contributed by atoms with E-state index in [0.717, 1.165) is 37.1 Å². The molecule has 3 N–H and O–H groups in total. The van der Waals surface area contributed by atoms with Crippen LogP contribution in [-0.4, -0.2) is 24.7 Å². The van der Waals surface area contributed by atoms with Gasteiger partial charge in [-0.05, 0) is 37.0 Å². The highest BCUT2D eigenvalue weighted by atomic mass is 16.5. The van der Waals surface area contributed by atoms with Crippen molar-refractivity contribution in [3.8, 4) is 0 Å². The number of carbonyl (C=O) groups is 1. The van der Waals surface area contributed by atoms with Crippen LogP contribution in [0.25, 0.3) is 0 Å². The third kappa shape index (κ3) is 4.24. The van der Waals surface area contributed by atoms with Crippen molar-refractivity contribution in [2.75, 3.05) is 11.9 Å². The Labute approximate surface area is 114 Å². The minimum absolute atomic E-state index is 0.295. The predicted molar refractivity (Wildman–Crippen MR) is 76.0 cm³/mol. The molecule has 1 fully saturated rings. The first-order valence-corrected chi connectivity index (χ1v) is 6.92. The summed E-state index contributed by atoms with van der Waals surface area (Å²) >= 11 is 0. The van der Waals surface area contributed by atoms with E-state index in [9.17, 15) is 4.79 Å². The molecule has 1 aliphatic heterocycles. The van der Waals surface area contributed by atoms with E-state index in [2.05, 4.69) is 12.2 Å². The van der Waals surface area contributed by atoms with Crippen molar-refractivity contribution in [3.63, 3.8) is 0 Å². The number of nitrogens with two attached hydrogens (primary N) is 1. The summed E-state index contributed by atoms with van der Waals surface area (Å²) in [6.45, 7) is 2.99. The monoisotopic (exact) mass is 262 g/mol. The SMILES string of the molecule is CCC1CC(Nc2ccc(CC(N)=O)cc2)CCO1. The second-order valence-corrected chi connectivity index (χ2v) is 5.11. The third-order valence-electron chi connectivity index (χ3n) is 3.53. The van der Waals surface area contributed by atoms with Gasteiger partial charge in [0.1, 0.15) is 0 Å². The molecule has 104 valence electrons. The molecule has 1 aromatic rings. The summed E-state index contributed by atoms with van der Waals surface area (Å²) in [5, 5.41) is 3.53. The van der Waals surface area contributed by atoms with E-state index in [-0.39, 0.29) is 5.91 Å². The highest BCUT2D eigenvalue weighted by molar-refractivity contribution is 5.76. The molecule has 2 atom stereocenters. The van der Waals surface area contributed by atoms with Gasteiger partial charge < -0.3 is 15.8 Å². The fourth-order valence-corrected chi connectivity index (χ4v) is 2.45. The first-order valence-electron chi connectivity index (χ1n) is 6.92. The van der Waals surface area contributed by atoms with Gasteiger partial charge in [0.25, 0.3) is 0 Å². The Kier molecular flexibility index (Phi) is 4.80. The van der Waals surface area contributed by atoms with E-state index in [1.165, 1.54) is 0 Å². The summed E-state index contributed by atoms with van der Waals surface area (Å²) in [5.74, 6) is -0.295. The topological polar surface area (TPSA) is 64.3 Å². The van der Waals surface area contributed by atoms with Gasteiger partial charge in [-0.1, -0.05) is 19.1 Å². The van der Waals surface area contributed by atoms with Crippen LogP contribution in [0.3, 0.4) is 0 Å². The van der Waals surface area contributed by atoms with E-state index in [1.54, 1.807) is 0 Å². The Bertz CT molecular complexity index is 417. The highest BCUT2D eigenvalue weighted by Gasteiger charge is 2.20. The first-order chi connectivity index (χ1) is 9.17. The number of primary amides is 1. The summed E-state index contributed by atoms with van der Waals surface area (Å²) < 4.78 is 5.67. The lowest BCUT2D eigenvalue weighted by molar-refractivity contribution is -0.117. The maximum absolute atomic E-state index is 10.8. The molecule has 1 saturated heterocycles. The average molecular weight is 262 g/mol. The van der Waals surface area contributed by atoms with Gasteiger partial charge in [-0.15, -0.1) is 0 Å². The fraction of sp³-hybridized carbons (Fsp3) is 0.533. The van der Waals surface area contributed by atoms with Gasteiger partial charge in [-0.3, -0.25) is 4.79 Å². The minimum Gasteiger partial charge on any atom is -0.382 e. The van der Waals surface area contributed by atoms with Crippen LogP contribution in [0.5, 0.6) is 0 Å². The standard InChI is InChI=1S/C15H22N2O2/c1-2-14-10-13(7-8-19-14)17-12-5-3-11(4-6-12)9-15(16)18/h3-6,13-14,17H,2,7-10H2,1H3,(H2,16,18). The molecule has 0 radical (unpaired) electrons. The van der Waals surface area contributed by atoms with E-state index < -0.39 is 0 Å². The zero-order valence-corrected chi connectivity index (χ0v) is 11.4. The maximum atomic E-state index is 10.8. The zero-order chi connectivity index (χ0) is 13.7. The zero-order valence-electron chi connectivity index (χ0n) is 11.4. The smallest absolute Gasteiger partial charge is 0.221 e. The van der Waals surface area contributed by atoms with Crippen LogP contribution in [-0.2, 0) is 16.0 Å². The summed E-state index contributed by atoms with van der Waals surface area (Å²) in [7, 11) is 0. The molecule has 2 rings (SSSR count). The molecule has 1 aromatic carbocycles. The number of anilines is 1. The maximum Gasteiger partial charge on any atom is 0.221 e. The molecular weight excluding hydrogens is 240 g/mol. The Morgan fingerprint density at radius 1 is 1.42 bits per heavy atom. The summed E-state index contributed by atoms with van der Waals surface area (Å²) in [6.07, 6.45) is 3.84. The molecule has 1 aliphatic rings. The molecule has 1 amide bonds. The van der Waals surface area contributed by atoms with Gasteiger partial charge in [0, 0.05) is 18.3 Å². The lowest BCUT2D eigenvalue weighted by Gasteiger charge is -2.30. The number of nitrogens with one attached hydrogen (secondary N) is 1. The van der Waals surface area contributed by atoms with Gasteiger partial charge in [0.2, 0.25) is 5.91 Å². The summed E-state index contributed by atoms with van der Waals surface area (Å²) in [6, 6.07) is 8.39. The predicted octanol–water partition coefficient (Wildman–Crippen LogP) is 2.08. The van der Waals surface area contributed by atoms with Crippen molar-refractivity contribution in [2.45, 2.75) is 44.8 Å². The van der Waals surface area contributed by atoms with Gasteiger partial charge in [-0.2, -0.15) is 0 Å². The second-order valence-electron chi connectivity index (χ2n) is 5.11. The van der Waals surface area contributed by atoms with Crippen molar-refractivity contribution in [2.24, 2.45) is 5.73 Å². The third-order valence-corrected chi connectivity index (χ3v) is 3.53. The summed E-state index contributed by atoms with van der Waals surface area (Å²) in [5.41, 5.74) is 7.22. The summed E-state index contributed by atoms with van der Waals surface area (Å²) in [4.78, 5) is 10.8. The van der Waals surface area contributed by atoms with Crippen molar-refractivity contribution < 1.29 is 9.53 Å². The van der Waals surface area contributed by atoms with Gasteiger partial charge in [0.05, 0.1) is 12.5 Å². The molecule has 0 spiro atoms. The van der Waals surface area contributed by atoms with E-state index >= 15 is 0 Å². The molecule has 1 heterocycles. The Balaban J connectivity index is 1.90. The molecule has 4 heteroatoms. The van der Waals surface area contributed by atoms with Crippen molar-refractivity contribution >= 4 is 11.6 Å². The first kappa shape index (κ1) is 13.9.